The highest BCUT2D eigenvalue weighted by molar-refractivity contribution is 6.18. The van der Waals surface area contributed by atoms with Gasteiger partial charge in [0.25, 0.3) is 0 Å². The van der Waals surface area contributed by atoms with Crippen molar-refractivity contribution >= 4 is 104 Å². The van der Waals surface area contributed by atoms with Gasteiger partial charge in [-0.05, 0) is 119 Å². The molecule has 0 fully saturated rings. The fraction of sp³-hybridized carbons (Fsp3) is 0. The normalized spacial score (nSPS) is 11.9. The van der Waals surface area contributed by atoms with Crippen LogP contribution in [0.1, 0.15) is 0 Å². The van der Waals surface area contributed by atoms with Crippen LogP contribution in [0.2, 0.25) is 0 Å². The van der Waals surface area contributed by atoms with Crippen LogP contribution in [0.3, 0.4) is 0 Å². The molecule has 0 aliphatic carbocycles. The Morgan fingerprint density at radius 1 is 0.268 bits per heavy atom. The van der Waals surface area contributed by atoms with Crippen molar-refractivity contribution in [2.75, 3.05) is 4.90 Å². The van der Waals surface area contributed by atoms with E-state index in [1.165, 1.54) is 65.2 Å². The molecule has 0 aliphatic rings. The fourth-order valence-electron chi connectivity index (χ4n) is 11.5. The van der Waals surface area contributed by atoms with E-state index in [-0.39, 0.29) is 0 Å². The quantitative estimate of drug-likeness (QED) is 0.164. The van der Waals surface area contributed by atoms with E-state index in [4.69, 9.17) is 0 Å². The second-order valence-corrected chi connectivity index (χ2v) is 18.7. The molecule has 15 aromatic rings. The van der Waals surface area contributed by atoms with E-state index in [0.29, 0.717) is 0 Å². The molecular weight excluding hydrogens is 863 g/mol. The van der Waals surface area contributed by atoms with Gasteiger partial charge in [0.1, 0.15) is 0 Å². The summed E-state index contributed by atoms with van der Waals surface area (Å²) in [7, 11) is 0. The molecule has 2 N–H and O–H groups in total. The standard InChI is InChI=1S/C66H43N5/c1-2-16-46(17-3-1)71(63-40-44(38-55-49-18-4-10-24-57(49)67-65(55)63)42-30-34-47(35-31-42)69-59-26-12-6-20-51(59)52-21-7-13-27-60(52)69)64-41-45(39-56-50-19-5-11-25-58(50)68-66(56)64)43-32-36-48(37-33-43)70-61-28-14-8-22-53(61)54-23-9-15-29-62(54)70/h1-41,67-68H. The van der Waals surface area contributed by atoms with Crippen molar-refractivity contribution in [1.29, 1.82) is 0 Å². The number of rotatable bonds is 7. The molecule has 5 nitrogen and oxygen atoms in total. The maximum atomic E-state index is 3.92. The van der Waals surface area contributed by atoms with Gasteiger partial charge in [-0.1, -0.05) is 152 Å². The summed E-state index contributed by atoms with van der Waals surface area (Å²) in [5, 5.41) is 9.75. The molecule has 11 aromatic carbocycles. The van der Waals surface area contributed by atoms with Crippen LogP contribution in [0, 0.1) is 0 Å². The molecular formula is C66H43N5. The molecule has 4 aromatic heterocycles. The first kappa shape index (κ1) is 39.4. The van der Waals surface area contributed by atoms with Crippen molar-refractivity contribution in [3.05, 3.63) is 249 Å². The zero-order chi connectivity index (χ0) is 46.6. The Labute approximate surface area is 408 Å². The molecule has 0 atom stereocenters. The second-order valence-electron chi connectivity index (χ2n) is 18.7. The van der Waals surface area contributed by atoms with Gasteiger partial charge >= 0.3 is 0 Å². The van der Waals surface area contributed by atoms with Crippen molar-refractivity contribution in [3.8, 4) is 33.6 Å². The third-order valence-corrected chi connectivity index (χ3v) is 14.8. The van der Waals surface area contributed by atoms with Gasteiger partial charge in [0.2, 0.25) is 0 Å². The van der Waals surface area contributed by atoms with Crippen LogP contribution in [0.25, 0.3) is 121 Å². The van der Waals surface area contributed by atoms with Gasteiger partial charge < -0.3 is 24.0 Å². The first-order chi connectivity index (χ1) is 35.2. The molecule has 71 heavy (non-hydrogen) atoms. The average Bonchev–Trinajstić information content (AvgIpc) is 4.20. The molecule has 0 bridgehead atoms. The van der Waals surface area contributed by atoms with E-state index in [1.807, 2.05) is 0 Å². The molecule has 0 spiro atoms. The molecule has 0 saturated carbocycles. The number of fused-ring (bicyclic) bond motifs is 12. The van der Waals surface area contributed by atoms with Gasteiger partial charge in [-0.3, -0.25) is 0 Å². The molecule has 0 unspecified atom stereocenters. The summed E-state index contributed by atoms with van der Waals surface area (Å²) in [6, 6.07) is 90.7. The summed E-state index contributed by atoms with van der Waals surface area (Å²) in [4.78, 5) is 10.3. The number of benzene rings is 11. The SMILES string of the molecule is c1ccc(N(c2cc(-c3ccc(-n4c5ccccc5c5ccccc54)cc3)cc3c2[nH]c2ccccc23)c2cc(-c3ccc(-n4c5ccccc5c5ccccc54)cc3)cc3c2[nH]c2ccccc23)cc1. The third-order valence-electron chi connectivity index (χ3n) is 14.8. The Kier molecular flexibility index (Phi) is 8.59. The summed E-state index contributed by atoms with van der Waals surface area (Å²) < 4.78 is 4.77. The molecule has 4 heterocycles. The number of aromatic amines is 2. The minimum atomic E-state index is 1.06. The fourth-order valence-corrected chi connectivity index (χ4v) is 11.5. The lowest BCUT2D eigenvalue weighted by atomic mass is 9.98. The van der Waals surface area contributed by atoms with Gasteiger partial charge in [-0.15, -0.1) is 0 Å². The van der Waals surface area contributed by atoms with Crippen LogP contribution >= 0.6 is 0 Å². The molecule has 0 amide bonds. The van der Waals surface area contributed by atoms with Gasteiger partial charge in [-0.25, -0.2) is 0 Å². The van der Waals surface area contributed by atoms with E-state index in [1.54, 1.807) is 0 Å². The number of nitrogens with one attached hydrogen (secondary N) is 2. The van der Waals surface area contributed by atoms with E-state index in [9.17, 15) is 0 Å². The van der Waals surface area contributed by atoms with Crippen molar-refractivity contribution < 1.29 is 0 Å². The number of anilines is 3. The topological polar surface area (TPSA) is 44.7 Å². The van der Waals surface area contributed by atoms with Gasteiger partial charge in [0.05, 0.1) is 44.5 Å². The molecule has 15 rings (SSSR count). The van der Waals surface area contributed by atoms with Crippen molar-refractivity contribution in [3.63, 3.8) is 0 Å². The van der Waals surface area contributed by atoms with Crippen LogP contribution in [0.5, 0.6) is 0 Å². The minimum absolute atomic E-state index is 1.06. The van der Waals surface area contributed by atoms with Crippen LogP contribution < -0.4 is 4.90 Å². The zero-order valence-corrected chi connectivity index (χ0v) is 38.5. The number of hydrogen-bond acceptors (Lipinski definition) is 1. The smallest absolute Gasteiger partial charge is 0.0710 e. The lowest BCUT2D eigenvalue weighted by Gasteiger charge is -2.28. The van der Waals surface area contributed by atoms with Crippen LogP contribution in [-0.2, 0) is 0 Å². The molecule has 5 heteroatoms. The van der Waals surface area contributed by atoms with Crippen molar-refractivity contribution in [1.82, 2.24) is 19.1 Å². The maximum Gasteiger partial charge on any atom is 0.0710 e. The Balaban J connectivity index is 0.939. The molecule has 0 aliphatic heterocycles. The second kappa shape index (κ2) is 15.5. The van der Waals surface area contributed by atoms with E-state index in [0.717, 1.165) is 72.8 Å². The monoisotopic (exact) mass is 905 g/mol. The number of nitrogens with zero attached hydrogens (tertiary/aromatic N) is 3. The molecule has 0 radical (unpaired) electrons. The summed E-state index contributed by atoms with van der Waals surface area (Å²) in [5.74, 6) is 0. The Morgan fingerprint density at radius 3 is 1.00 bits per heavy atom. The van der Waals surface area contributed by atoms with Crippen LogP contribution in [-0.4, -0.2) is 19.1 Å². The van der Waals surface area contributed by atoms with Crippen molar-refractivity contribution in [2.45, 2.75) is 0 Å². The van der Waals surface area contributed by atoms with Crippen molar-refractivity contribution in [2.24, 2.45) is 0 Å². The average molecular weight is 906 g/mol. The Bertz CT molecular complexity index is 4190. The van der Waals surface area contributed by atoms with E-state index >= 15 is 0 Å². The highest BCUT2D eigenvalue weighted by atomic mass is 15.2. The Morgan fingerprint density at radius 2 is 0.606 bits per heavy atom. The zero-order valence-electron chi connectivity index (χ0n) is 38.5. The van der Waals surface area contributed by atoms with E-state index in [2.05, 4.69) is 273 Å². The lowest BCUT2D eigenvalue weighted by Crippen LogP contribution is -2.11. The highest BCUT2D eigenvalue weighted by Gasteiger charge is 2.24. The molecule has 0 saturated heterocycles. The maximum absolute atomic E-state index is 3.92. The van der Waals surface area contributed by atoms with Crippen LogP contribution in [0.4, 0.5) is 17.1 Å². The van der Waals surface area contributed by atoms with Gasteiger partial charge in [-0.2, -0.15) is 0 Å². The number of para-hydroxylation sites is 7. The lowest BCUT2D eigenvalue weighted by molar-refractivity contribution is 1.18. The summed E-state index contributed by atoms with van der Waals surface area (Å²) in [5.41, 5.74) is 19.2. The third kappa shape index (κ3) is 6.06. The first-order valence-corrected chi connectivity index (χ1v) is 24.3. The number of hydrogen-bond donors (Lipinski definition) is 2. The number of H-pyrrole nitrogens is 2. The predicted octanol–water partition coefficient (Wildman–Crippen LogP) is 18.0. The van der Waals surface area contributed by atoms with Crippen LogP contribution in [0.15, 0.2) is 249 Å². The van der Waals surface area contributed by atoms with Gasteiger partial charge in [0, 0.05) is 71.2 Å². The van der Waals surface area contributed by atoms with E-state index < -0.39 is 0 Å². The largest absolute Gasteiger partial charge is 0.353 e. The minimum Gasteiger partial charge on any atom is -0.353 e. The Hall–Kier alpha value is -9.58. The summed E-state index contributed by atoms with van der Waals surface area (Å²) in [6.45, 7) is 0. The highest BCUT2D eigenvalue weighted by Crippen LogP contribution is 2.48. The predicted molar refractivity (Wildman–Crippen MR) is 299 cm³/mol. The number of aromatic nitrogens is 4. The summed E-state index contributed by atoms with van der Waals surface area (Å²) in [6.07, 6.45) is 0. The first-order valence-electron chi connectivity index (χ1n) is 24.3. The summed E-state index contributed by atoms with van der Waals surface area (Å²) >= 11 is 0. The van der Waals surface area contributed by atoms with Gasteiger partial charge in [0.15, 0.2) is 0 Å². The molecule has 332 valence electrons.